The van der Waals surface area contributed by atoms with Crippen molar-refractivity contribution in [2.75, 3.05) is 18.4 Å². The van der Waals surface area contributed by atoms with Gasteiger partial charge in [0.1, 0.15) is 5.82 Å². The maximum atomic E-state index is 5.75. The Balaban J connectivity index is 1.77. The van der Waals surface area contributed by atoms with Crippen molar-refractivity contribution < 1.29 is 0 Å². The standard InChI is InChI=1S/C13H16N4/c14-8-13(5-6-13)9-16-12-7-15-10-3-1-2-4-11(10)17-12/h1-4,7H,5-6,8-9,14H2,(H,16,17). The summed E-state index contributed by atoms with van der Waals surface area (Å²) in [5.41, 5.74) is 7.92. The molecule has 0 atom stereocenters. The number of benzene rings is 1. The average Bonchev–Trinajstić information content (AvgIpc) is 3.17. The van der Waals surface area contributed by atoms with Crippen LogP contribution in [0.2, 0.25) is 0 Å². The number of aromatic nitrogens is 2. The number of hydrogen-bond donors (Lipinski definition) is 2. The summed E-state index contributed by atoms with van der Waals surface area (Å²) in [7, 11) is 0. The summed E-state index contributed by atoms with van der Waals surface area (Å²) in [4.78, 5) is 8.90. The lowest BCUT2D eigenvalue weighted by Gasteiger charge is -2.13. The Morgan fingerprint density at radius 2 is 2.00 bits per heavy atom. The van der Waals surface area contributed by atoms with Gasteiger partial charge in [-0.25, -0.2) is 4.98 Å². The molecule has 0 spiro atoms. The van der Waals surface area contributed by atoms with Crippen molar-refractivity contribution >= 4 is 16.9 Å². The summed E-state index contributed by atoms with van der Waals surface area (Å²) in [5, 5.41) is 3.34. The van der Waals surface area contributed by atoms with Gasteiger partial charge < -0.3 is 11.1 Å². The minimum Gasteiger partial charge on any atom is -0.368 e. The molecule has 1 aliphatic rings. The molecular formula is C13H16N4. The largest absolute Gasteiger partial charge is 0.368 e. The molecule has 1 aromatic carbocycles. The predicted octanol–water partition coefficient (Wildman–Crippen LogP) is 1.78. The lowest BCUT2D eigenvalue weighted by Crippen LogP contribution is -2.24. The Bertz CT molecular complexity index is 534. The zero-order valence-electron chi connectivity index (χ0n) is 9.69. The van der Waals surface area contributed by atoms with Gasteiger partial charge in [0.25, 0.3) is 0 Å². The van der Waals surface area contributed by atoms with E-state index in [0.29, 0.717) is 5.41 Å². The molecule has 1 fully saturated rings. The van der Waals surface area contributed by atoms with Gasteiger partial charge in [-0.3, -0.25) is 4.98 Å². The molecule has 3 N–H and O–H groups in total. The SMILES string of the molecule is NCC1(CNc2cnc3ccccc3n2)CC1. The lowest BCUT2D eigenvalue weighted by atomic mass is 10.1. The van der Waals surface area contributed by atoms with Crippen molar-refractivity contribution in [3.8, 4) is 0 Å². The van der Waals surface area contributed by atoms with Crippen LogP contribution in [0.25, 0.3) is 11.0 Å². The van der Waals surface area contributed by atoms with Gasteiger partial charge in [0.05, 0.1) is 17.2 Å². The van der Waals surface area contributed by atoms with E-state index in [9.17, 15) is 0 Å². The van der Waals surface area contributed by atoms with Crippen molar-refractivity contribution in [1.82, 2.24) is 9.97 Å². The molecule has 17 heavy (non-hydrogen) atoms. The first kappa shape index (κ1) is 10.5. The maximum Gasteiger partial charge on any atom is 0.145 e. The second-order valence-corrected chi connectivity index (χ2v) is 4.80. The Morgan fingerprint density at radius 1 is 1.24 bits per heavy atom. The summed E-state index contributed by atoms with van der Waals surface area (Å²) >= 11 is 0. The molecule has 1 saturated carbocycles. The summed E-state index contributed by atoms with van der Waals surface area (Å²) < 4.78 is 0. The van der Waals surface area contributed by atoms with Crippen LogP contribution in [-0.4, -0.2) is 23.1 Å². The number of anilines is 1. The average molecular weight is 228 g/mol. The number of para-hydroxylation sites is 2. The lowest BCUT2D eigenvalue weighted by molar-refractivity contribution is 0.555. The molecule has 0 saturated heterocycles. The van der Waals surface area contributed by atoms with Crippen molar-refractivity contribution in [3.63, 3.8) is 0 Å². The van der Waals surface area contributed by atoms with E-state index < -0.39 is 0 Å². The minimum absolute atomic E-state index is 0.313. The zero-order valence-corrected chi connectivity index (χ0v) is 9.69. The molecule has 0 aliphatic heterocycles. The predicted molar refractivity (Wildman–Crippen MR) is 68.7 cm³/mol. The highest BCUT2D eigenvalue weighted by Gasteiger charge is 2.40. The van der Waals surface area contributed by atoms with Crippen LogP contribution in [0.3, 0.4) is 0 Å². The van der Waals surface area contributed by atoms with Crippen LogP contribution < -0.4 is 11.1 Å². The van der Waals surface area contributed by atoms with Crippen LogP contribution in [0.5, 0.6) is 0 Å². The molecule has 0 radical (unpaired) electrons. The van der Waals surface area contributed by atoms with Crippen molar-refractivity contribution in [1.29, 1.82) is 0 Å². The molecule has 88 valence electrons. The van der Waals surface area contributed by atoms with Gasteiger partial charge in [0.2, 0.25) is 0 Å². The van der Waals surface area contributed by atoms with Crippen LogP contribution in [0.4, 0.5) is 5.82 Å². The van der Waals surface area contributed by atoms with E-state index in [1.807, 2.05) is 24.3 Å². The first-order valence-electron chi connectivity index (χ1n) is 5.97. The van der Waals surface area contributed by atoms with Crippen LogP contribution in [-0.2, 0) is 0 Å². The molecule has 0 bridgehead atoms. The van der Waals surface area contributed by atoms with Gasteiger partial charge in [-0.15, -0.1) is 0 Å². The number of nitrogens with zero attached hydrogens (tertiary/aromatic N) is 2. The minimum atomic E-state index is 0.313. The van der Waals surface area contributed by atoms with Crippen LogP contribution in [0.15, 0.2) is 30.5 Å². The van der Waals surface area contributed by atoms with Gasteiger partial charge in [-0.2, -0.15) is 0 Å². The molecule has 1 aromatic heterocycles. The third-order valence-corrected chi connectivity index (χ3v) is 3.48. The normalized spacial score (nSPS) is 17.0. The highest BCUT2D eigenvalue weighted by Crippen LogP contribution is 2.44. The Kier molecular flexibility index (Phi) is 2.44. The van der Waals surface area contributed by atoms with Gasteiger partial charge in [0.15, 0.2) is 0 Å². The topological polar surface area (TPSA) is 63.8 Å². The highest BCUT2D eigenvalue weighted by molar-refractivity contribution is 5.75. The number of nitrogens with two attached hydrogens (primary N) is 1. The molecular weight excluding hydrogens is 212 g/mol. The van der Waals surface area contributed by atoms with Crippen molar-refractivity contribution in [3.05, 3.63) is 30.5 Å². The van der Waals surface area contributed by atoms with Crippen LogP contribution in [0.1, 0.15) is 12.8 Å². The van der Waals surface area contributed by atoms with Crippen LogP contribution in [0, 0.1) is 5.41 Å². The number of nitrogens with one attached hydrogen (secondary N) is 1. The zero-order chi connectivity index (χ0) is 11.7. The molecule has 1 aliphatic carbocycles. The summed E-state index contributed by atoms with van der Waals surface area (Å²) in [6, 6.07) is 7.89. The van der Waals surface area contributed by atoms with Crippen molar-refractivity contribution in [2.24, 2.45) is 11.1 Å². The first-order valence-corrected chi connectivity index (χ1v) is 5.97. The second kappa shape index (κ2) is 3.96. The molecule has 2 aromatic rings. The quantitative estimate of drug-likeness (QED) is 0.837. The Morgan fingerprint density at radius 3 is 2.71 bits per heavy atom. The molecule has 3 rings (SSSR count). The summed E-state index contributed by atoms with van der Waals surface area (Å²) in [6.45, 7) is 1.65. The van der Waals surface area contributed by atoms with E-state index in [0.717, 1.165) is 29.9 Å². The van der Waals surface area contributed by atoms with E-state index in [2.05, 4.69) is 15.3 Å². The van der Waals surface area contributed by atoms with Gasteiger partial charge in [-0.1, -0.05) is 12.1 Å². The van der Waals surface area contributed by atoms with Crippen LogP contribution >= 0.6 is 0 Å². The fourth-order valence-electron chi connectivity index (χ4n) is 1.95. The van der Waals surface area contributed by atoms with Gasteiger partial charge in [0, 0.05) is 6.54 Å². The number of hydrogen-bond acceptors (Lipinski definition) is 4. The van der Waals surface area contributed by atoms with E-state index in [1.54, 1.807) is 6.20 Å². The second-order valence-electron chi connectivity index (χ2n) is 4.80. The van der Waals surface area contributed by atoms with E-state index in [4.69, 9.17) is 5.73 Å². The van der Waals surface area contributed by atoms with Gasteiger partial charge in [-0.05, 0) is 36.9 Å². The Labute approximate surface area is 100 Å². The smallest absolute Gasteiger partial charge is 0.145 e. The van der Waals surface area contributed by atoms with E-state index in [-0.39, 0.29) is 0 Å². The first-order chi connectivity index (χ1) is 8.31. The van der Waals surface area contributed by atoms with E-state index >= 15 is 0 Å². The summed E-state index contributed by atoms with van der Waals surface area (Å²) in [6.07, 6.45) is 4.23. The fraction of sp³-hybridized carbons (Fsp3) is 0.385. The number of rotatable bonds is 4. The number of fused-ring (bicyclic) bond motifs is 1. The Hall–Kier alpha value is -1.68. The monoisotopic (exact) mass is 228 g/mol. The van der Waals surface area contributed by atoms with E-state index in [1.165, 1.54) is 12.8 Å². The third-order valence-electron chi connectivity index (χ3n) is 3.48. The molecule has 0 unspecified atom stereocenters. The van der Waals surface area contributed by atoms with Gasteiger partial charge >= 0.3 is 0 Å². The van der Waals surface area contributed by atoms with Crippen molar-refractivity contribution in [2.45, 2.75) is 12.8 Å². The molecule has 4 heteroatoms. The highest BCUT2D eigenvalue weighted by atomic mass is 15.0. The molecule has 0 amide bonds. The molecule has 4 nitrogen and oxygen atoms in total. The maximum absolute atomic E-state index is 5.75. The summed E-state index contributed by atoms with van der Waals surface area (Å²) in [5.74, 6) is 0.837. The molecule has 1 heterocycles. The third kappa shape index (κ3) is 2.08. The fourth-order valence-corrected chi connectivity index (χ4v) is 1.95.